The van der Waals surface area contributed by atoms with Gasteiger partial charge in [0.25, 0.3) is 0 Å². The number of nitrogens with zero attached hydrogens (tertiary/aromatic N) is 2. The zero-order valence-corrected chi connectivity index (χ0v) is 17.3. The number of carbonyl (C=O) groups is 1. The Morgan fingerprint density at radius 3 is 2.46 bits per heavy atom. The molecule has 1 aliphatic rings. The summed E-state index contributed by atoms with van der Waals surface area (Å²) in [5.74, 6) is -0.0172. The van der Waals surface area contributed by atoms with E-state index in [9.17, 15) is 13.2 Å². The van der Waals surface area contributed by atoms with E-state index in [1.807, 2.05) is 31.2 Å². The van der Waals surface area contributed by atoms with Gasteiger partial charge in [-0.25, -0.2) is 13.2 Å². The Balaban J connectivity index is 1.61. The van der Waals surface area contributed by atoms with E-state index >= 15 is 0 Å². The Labute approximate surface area is 171 Å². The maximum absolute atomic E-state index is 12.9. The van der Waals surface area contributed by atoms with Crippen LogP contribution in [0.3, 0.4) is 0 Å². The second-order valence-corrected chi connectivity index (χ2v) is 9.26. The first kappa shape index (κ1) is 20.6. The van der Waals surface area contributed by atoms with Crippen LogP contribution >= 0.6 is 11.6 Å². The van der Waals surface area contributed by atoms with Crippen LogP contribution < -0.4 is 5.32 Å². The number of nitrogens with one attached hydrogen (secondary N) is 1. The highest BCUT2D eigenvalue weighted by atomic mass is 35.5. The number of amides is 2. The van der Waals surface area contributed by atoms with E-state index < -0.39 is 10.0 Å². The van der Waals surface area contributed by atoms with E-state index in [1.165, 1.54) is 4.31 Å². The molecule has 8 heteroatoms. The Morgan fingerprint density at radius 1 is 1.04 bits per heavy atom. The normalized spacial score (nSPS) is 15.9. The number of urea groups is 1. The molecule has 0 radical (unpaired) electrons. The molecule has 150 valence electrons. The molecule has 0 unspecified atom stereocenters. The summed E-state index contributed by atoms with van der Waals surface area (Å²) >= 11 is 5.86. The molecule has 6 nitrogen and oxygen atoms in total. The number of benzene rings is 2. The third kappa shape index (κ3) is 5.25. The predicted octanol–water partition coefficient (Wildman–Crippen LogP) is 3.72. The van der Waals surface area contributed by atoms with Crippen LogP contribution in [0.2, 0.25) is 5.02 Å². The molecule has 0 aliphatic carbocycles. The van der Waals surface area contributed by atoms with Crippen molar-refractivity contribution in [2.75, 3.05) is 31.5 Å². The third-order valence-electron chi connectivity index (χ3n) is 4.83. The van der Waals surface area contributed by atoms with Gasteiger partial charge >= 0.3 is 6.03 Å². The minimum Gasteiger partial charge on any atom is -0.323 e. The predicted molar refractivity (Wildman–Crippen MR) is 112 cm³/mol. The van der Waals surface area contributed by atoms with E-state index in [2.05, 4.69) is 5.32 Å². The van der Waals surface area contributed by atoms with Gasteiger partial charge in [-0.05, 0) is 48.7 Å². The molecule has 1 fully saturated rings. The molecule has 2 amide bonds. The van der Waals surface area contributed by atoms with Gasteiger partial charge in [0.2, 0.25) is 10.0 Å². The van der Waals surface area contributed by atoms with Crippen molar-refractivity contribution in [2.24, 2.45) is 0 Å². The van der Waals surface area contributed by atoms with Crippen LogP contribution in [-0.4, -0.2) is 49.8 Å². The molecule has 3 rings (SSSR count). The maximum atomic E-state index is 12.9. The first-order valence-corrected chi connectivity index (χ1v) is 11.2. The van der Waals surface area contributed by atoms with Crippen molar-refractivity contribution in [3.8, 4) is 0 Å². The quantitative estimate of drug-likeness (QED) is 0.817. The largest absolute Gasteiger partial charge is 0.323 e. The lowest BCUT2D eigenvalue weighted by Crippen LogP contribution is -2.39. The molecule has 0 saturated carbocycles. The number of anilines is 1. The highest BCUT2D eigenvalue weighted by Crippen LogP contribution is 2.18. The van der Waals surface area contributed by atoms with Gasteiger partial charge in [-0.3, -0.25) is 0 Å². The number of carbonyl (C=O) groups excluding carboxylic acids is 1. The molecule has 0 spiro atoms. The Hall–Kier alpha value is -2.09. The number of halogens is 1. The molecule has 1 aliphatic heterocycles. The average molecular weight is 422 g/mol. The van der Waals surface area contributed by atoms with Gasteiger partial charge in [-0.15, -0.1) is 0 Å². The van der Waals surface area contributed by atoms with E-state index in [0.29, 0.717) is 43.3 Å². The first-order valence-electron chi connectivity index (χ1n) is 9.19. The summed E-state index contributed by atoms with van der Waals surface area (Å²) in [6.07, 6.45) is 0.598. The van der Waals surface area contributed by atoms with E-state index in [4.69, 9.17) is 11.6 Å². The van der Waals surface area contributed by atoms with Crippen LogP contribution in [0.15, 0.2) is 48.5 Å². The van der Waals surface area contributed by atoms with Crippen LogP contribution in [0.5, 0.6) is 0 Å². The smallest absolute Gasteiger partial charge is 0.321 e. The van der Waals surface area contributed by atoms with Crippen molar-refractivity contribution in [2.45, 2.75) is 19.1 Å². The summed E-state index contributed by atoms with van der Waals surface area (Å²) in [7, 11) is -3.43. The van der Waals surface area contributed by atoms with E-state index in [-0.39, 0.29) is 11.8 Å². The van der Waals surface area contributed by atoms with E-state index in [0.717, 1.165) is 11.1 Å². The van der Waals surface area contributed by atoms with Gasteiger partial charge < -0.3 is 10.2 Å². The van der Waals surface area contributed by atoms with Crippen molar-refractivity contribution < 1.29 is 13.2 Å². The van der Waals surface area contributed by atoms with Crippen molar-refractivity contribution in [1.82, 2.24) is 9.21 Å². The number of rotatable bonds is 4. The number of hydrogen-bond donors (Lipinski definition) is 1. The van der Waals surface area contributed by atoms with Gasteiger partial charge in [0.1, 0.15) is 0 Å². The lowest BCUT2D eigenvalue weighted by Gasteiger charge is -2.22. The molecular formula is C20H24ClN3O3S. The fourth-order valence-corrected chi connectivity index (χ4v) is 4.96. The van der Waals surface area contributed by atoms with Gasteiger partial charge in [0.15, 0.2) is 0 Å². The van der Waals surface area contributed by atoms with Crippen LogP contribution in [0.4, 0.5) is 10.5 Å². The SMILES string of the molecule is Cc1ccccc1CS(=O)(=O)N1CCCN(C(=O)Nc2ccc(Cl)cc2)CC1. The highest BCUT2D eigenvalue weighted by molar-refractivity contribution is 7.88. The molecule has 1 saturated heterocycles. The fourth-order valence-electron chi connectivity index (χ4n) is 3.17. The fraction of sp³-hybridized carbons (Fsp3) is 0.350. The Bertz CT molecular complexity index is 932. The van der Waals surface area contributed by atoms with Gasteiger partial charge in [0, 0.05) is 36.9 Å². The summed E-state index contributed by atoms with van der Waals surface area (Å²) in [4.78, 5) is 14.2. The summed E-state index contributed by atoms with van der Waals surface area (Å²) < 4.78 is 27.2. The minimum atomic E-state index is -3.43. The second kappa shape index (κ2) is 8.94. The Morgan fingerprint density at radius 2 is 1.75 bits per heavy atom. The summed E-state index contributed by atoms with van der Waals surface area (Å²) in [5, 5.41) is 3.43. The standard InChI is InChI=1S/C20H24ClN3O3S/c1-16-5-2-3-6-17(16)15-28(26,27)24-12-4-11-23(13-14-24)20(25)22-19-9-7-18(21)8-10-19/h2-3,5-10H,4,11-15H2,1H3,(H,22,25). The molecule has 2 aromatic rings. The first-order chi connectivity index (χ1) is 13.3. The van der Waals surface area contributed by atoms with E-state index in [1.54, 1.807) is 29.2 Å². The van der Waals surface area contributed by atoms with Gasteiger partial charge in [-0.1, -0.05) is 35.9 Å². The number of sulfonamides is 1. The summed E-state index contributed by atoms with van der Waals surface area (Å²) in [6.45, 7) is 3.49. The highest BCUT2D eigenvalue weighted by Gasteiger charge is 2.27. The average Bonchev–Trinajstić information content (AvgIpc) is 2.92. The van der Waals surface area contributed by atoms with Crippen LogP contribution in [-0.2, 0) is 15.8 Å². The molecule has 1 N–H and O–H groups in total. The molecule has 2 aromatic carbocycles. The van der Waals surface area contributed by atoms with Crippen molar-refractivity contribution in [3.05, 3.63) is 64.7 Å². The Kier molecular flexibility index (Phi) is 6.59. The van der Waals surface area contributed by atoms with Crippen LogP contribution in [0, 0.1) is 6.92 Å². The molecule has 0 bridgehead atoms. The lowest BCUT2D eigenvalue weighted by molar-refractivity contribution is 0.214. The molecule has 1 heterocycles. The minimum absolute atomic E-state index is 0.0172. The van der Waals surface area contributed by atoms with Crippen molar-refractivity contribution >= 4 is 33.3 Å². The lowest BCUT2D eigenvalue weighted by atomic mass is 10.1. The zero-order valence-electron chi connectivity index (χ0n) is 15.8. The number of aryl methyl sites for hydroxylation is 1. The van der Waals surface area contributed by atoms with Crippen molar-refractivity contribution in [1.29, 1.82) is 0 Å². The monoisotopic (exact) mass is 421 g/mol. The third-order valence-corrected chi connectivity index (χ3v) is 6.91. The molecule has 0 aromatic heterocycles. The zero-order chi connectivity index (χ0) is 20.1. The van der Waals surface area contributed by atoms with Crippen LogP contribution in [0.25, 0.3) is 0 Å². The van der Waals surface area contributed by atoms with Gasteiger partial charge in [-0.2, -0.15) is 4.31 Å². The summed E-state index contributed by atoms with van der Waals surface area (Å²) in [6, 6.07) is 14.2. The van der Waals surface area contributed by atoms with Crippen LogP contribution in [0.1, 0.15) is 17.5 Å². The molecule has 0 atom stereocenters. The molecular weight excluding hydrogens is 398 g/mol. The topological polar surface area (TPSA) is 69.7 Å². The van der Waals surface area contributed by atoms with Gasteiger partial charge in [0.05, 0.1) is 5.75 Å². The van der Waals surface area contributed by atoms with Crippen molar-refractivity contribution in [3.63, 3.8) is 0 Å². The maximum Gasteiger partial charge on any atom is 0.321 e. The molecule has 28 heavy (non-hydrogen) atoms. The summed E-state index contributed by atoms with van der Waals surface area (Å²) in [5.41, 5.74) is 2.43. The second-order valence-electron chi connectivity index (χ2n) is 6.86. The number of hydrogen-bond acceptors (Lipinski definition) is 3.